The number of para-hydroxylation sites is 2. The highest BCUT2D eigenvalue weighted by Gasteiger charge is 2.19. The summed E-state index contributed by atoms with van der Waals surface area (Å²) in [7, 11) is 0. The molecule has 3 aromatic rings. The summed E-state index contributed by atoms with van der Waals surface area (Å²) in [5.41, 5.74) is 9.65. The van der Waals surface area contributed by atoms with E-state index in [1.165, 1.54) is 6.92 Å². The second kappa shape index (κ2) is 8.16. The minimum absolute atomic E-state index is 0.0667. The smallest absolute Gasteiger partial charge is 0.255 e. The predicted octanol–water partition coefficient (Wildman–Crippen LogP) is 4.06. The highest BCUT2D eigenvalue weighted by molar-refractivity contribution is 6.05. The van der Waals surface area contributed by atoms with Crippen molar-refractivity contribution in [3.63, 3.8) is 0 Å². The van der Waals surface area contributed by atoms with E-state index in [4.69, 9.17) is 15.2 Å². The highest BCUT2D eigenvalue weighted by Crippen LogP contribution is 2.37. The van der Waals surface area contributed by atoms with E-state index in [-0.39, 0.29) is 18.5 Å². The lowest BCUT2D eigenvalue weighted by Crippen LogP contribution is -2.13. The van der Waals surface area contributed by atoms with E-state index >= 15 is 0 Å². The summed E-state index contributed by atoms with van der Waals surface area (Å²) in [4.78, 5) is 24.4. The minimum Gasteiger partial charge on any atom is -0.454 e. The van der Waals surface area contributed by atoms with Crippen molar-refractivity contribution in [1.82, 2.24) is 0 Å². The van der Waals surface area contributed by atoms with Gasteiger partial charge in [-0.15, -0.1) is 0 Å². The van der Waals surface area contributed by atoms with Gasteiger partial charge in [0.25, 0.3) is 5.91 Å². The van der Waals surface area contributed by atoms with Crippen LogP contribution in [-0.4, -0.2) is 18.5 Å². The second-order valence-corrected chi connectivity index (χ2v) is 6.90. The summed E-state index contributed by atoms with van der Waals surface area (Å²) in [6.07, 6.45) is 0. The fourth-order valence-corrected chi connectivity index (χ4v) is 3.16. The number of benzene rings is 3. The molecule has 0 saturated heterocycles. The average Bonchev–Trinajstić information content (AvgIpc) is 3.21. The fourth-order valence-electron chi connectivity index (χ4n) is 3.16. The topological polar surface area (TPSA) is 103 Å². The maximum Gasteiger partial charge on any atom is 0.255 e. The number of ketones is 1. The Morgan fingerprint density at radius 3 is 2.37 bits per heavy atom. The molecular formula is C23H21N3O4. The maximum absolute atomic E-state index is 12.4. The molecule has 1 aliphatic heterocycles. The van der Waals surface area contributed by atoms with Gasteiger partial charge in [-0.3, -0.25) is 9.59 Å². The summed E-state index contributed by atoms with van der Waals surface area (Å²) in [5, 5.41) is 6.07. The van der Waals surface area contributed by atoms with Crippen LogP contribution in [0.5, 0.6) is 11.5 Å². The molecule has 0 bridgehead atoms. The Bertz CT molecular complexity index is 1110. The highest BCUT2D eigenvalue weighted by atomic mass is 16.7. The SMILES string of the molecule is CC(=O)c1cc2c(cc1NCc1ccc(C(=O)Nc3ccccc3N)cc1)OCO2. The van der Waals surface area contributed by atoms with Gasteiger partial charge in [-0.1, -0.05) is 24.3 Å². The lowest BCUT2D eigenvalue weighted by molar-refractivity contribution is 0.101. The van der Waals surface area contributed by atoms with Crippen LogP contribution in [0.1, 0.15) is 33.2 Å². The first-order valence-electron chi connectivity index (χ1n) is 9.44. The first-order chi connectivity index (χ1) is 14.5. The first-order valence-corrected chi connectivity index (χ1v) is 9.44. The molecule has 0 atom stereocenters. The van der Waals surface area contributed by atoms with Gasteiger partial charge in [-0.05, 0) is 42.8 Å². The number of carbonyl (C=O) groups excluding carboxylic acids is 2. The number of Topliss-reactive ketones (excluding diaryl/α,β-unsaturated/α-hetero) is 1. The number of nitrogens with two attached hydrogens (primary N) is 1. The number of anilines is 3. The number of fused-ring (bicyclic) bond motifs is 1. The molecule has 1 aliphatic rings. The molecule has 0 radical (unpaired) electrons. The molecule has 7 nitrogen and oxygen atoms in total. The summed E-state index contributed by atoms with van der Waals surface area (Å²) < 4.78 is 10.7. The van der Waals surface area contributed by atoms with E-state index in [0.29, 0.717) is 46.2 Å². The molecule has 152 valence electrons. The third kappa shape index (κ3) is 4.05. The zero-order valence-corrected chi connectivity index (χ0v) is 16.4. The normalized spacial score (nSPS) is 11.8. The zero-order chi connectivity index (χ0) is 21.1. The molecule has 1 amide bonds. The van der Waals surface area contributed by atoms with E-state index in [1.54, 1.807) is 36.4 Å². The zero-order valence-electron chi connectivity index (χ0n) is 16.4. The summed E-state index contributed by atoms with van der Waals surface area (Å²) in [6, 6.07) is 17.8. The summed E-state index contributed by atoms with van der Waals surface area (Å²) in [6.45, 7) is 2.14. The van der Waals surface area contributed by atoms with Crippen LogP contribution in [0.2, 0.25) is 0 Å². The van der Waals surface area contributed by atoms with Crippen molar-refractivity contribution in [2.24, 2.45) is 0 Å². The van der Waals surface area contributed by atoms with Gasteiger partial charge < -0.3 is 25.8 Å². The molecule has 1 heterocycles. The molecule has 0 fully saturated rings. The van der Waals surface area contributed by atoms with Crippen LogP contribution in [0.25, 0.3) is 0 Å². The van der Waals surface area contributed by atoms with Gasteiger partial charge in [0.15, 0.2) is 17.3 Å². The first kappa shape index (κ1) is 19.3. The van der Waals surface area contributed by atoms with E-state index in [9.17, 15) is 9.59 Å². The van der Waals surface area contributed by atoms with Gasteiger partial charge in [0.1, 0.15) is 0 Å². The van der Waals surface area contributed by atoms with Crippen LogP contribution >= 0.6 is 0 Å². The van der Waals surface area contributed by atoms with Gasteiger partial charge in [0.05, 0.1) is 11.4 Å². The number of hydrogen-bond acceptors (Lipinski definition) is 6. The van der Waals surface area contributed by atoms with Crippen molar-refractivity contribution in [2.45, 2.75) is 13.5 Å². The van der Waals surface area contributed by atoms with E-state index in [0.717, 1.165) is 5.56 Å². The van der Waals surface area contributed by atoms with Crippen molar-refractivity contribution in [2.75, 3.05) is 23.2 Å². The van der Waals surface area contributed by atoms with Crippen molar-refractivity contribution in [1.29, 1.82) is 0 Å². The predicted molar refractivity (Wildman–Crippen MR) is 115 cm³/mol. The molecular weight excluding hydrogens is 382 g/mol. The van der Waals surface area contributed by atoms with Crippen LogP contribution in [-0.2, 0) is 6.54 Å². The number of nitrogen functional groups attached to an aromatic ring is 1. The Labute approximate surface area is 173 Å². The molecule has 0 saturated carbocycles. The molecule has 0 aromatic heterocycles. The molecule has 3 aromatic carbocycles. The minimum atomic E-state index is -0.234. The fraction of sp³-hybridized carbons (Fsp3) is 0.130. The number of nitrogens with one attached hydrogen (secondary N) is 2. The second-order valence-electron chi connectivity index (χ2n) is 6.90. The summed E-state index contributed by atoms with van der Waals surface area (Å²) in [5.74, 6) is 0.875. The standard InChI is InChI=1S/C23H21N3O4/c1-14(27)17-10-21-22(30-13-29-21)11-20(17)25-12-15-6-8-16(9-7-15)23(28)26-19-5-3-2-4-18(19)24/h2-11,25H,12-13,24H2,1H3,(H,26,28). The van der Waals surface area contributed by atoms with Gasteiger partial charge in [0.2, 0.25) is 6.79 Å². The van der Waals surface area contributed by atoms with Gasteiger partial charge >= 0.3 is 0 Å². The number of ether oxygens (including phenoxy) is 2. The average molecular weight is 403 g/mol. The largest absolute Gasteiger partial charge is 0.454 e. The number of hydrogen-bond donors (Lipinski definition) is 3. The van der Waals surface area contributed by atoms with Crippen molar-refractivity contribution < 1.29 is 19.1 Å². The van der Waals surface area contributed by atoms with Crippen molar-refractivity contribution in [3.8, 4) is 11.5 Å². The lowest BCUT2D eigenvalue weighted by atomic mass is 10.1. The number of rotatable bonds is 6. The van der Waals surface area contributed by atoms with Crippen LogP contribution in [0, 0.1) is 0 Å². The van der Waals surface area contributed by atoms with Crippen molar-refractivity contribution >= 4 is 28.8 Å². The quantitative estimate of drug-likeness (QED) is 0.424. The maximum atomic E-state index is 12.4. The molecule has 0 unspecified atom stereocenters. The summed E-state index contributed by atoms with van der Waals surface area (Å²) >= 11 is 0. The van der Waals surface area contributed by atoms with Gasteiger partial charge in [-0.25, -0.2) is 0 Å². The Morgan fingerprint density at radius 2 is 1.67 bits per heavy atom. The Balaban J connectivity index is 1.44. The molecule has 4 N–H and O–H groups in total. The lowest BCUT2D eigenvalue weighted by Gasteiger charge is -2.12. The Morgan fingerprint density at radius 1 is 0.967 bits per heavy atom. The number of carbonyl (C=O) groups is 2. The Kier molecular flexibility index (Phi) is 5.26. The Hall–Kier alpha value is -4.00. The monoisotopic (exact) mass is 403 g/mol. The molecule has 30 heavy (non-hydrogen) atoms. The third-order valence-corrected chi connectivity index (χ3v) is 4.80. The molecule has 7 heteroatoms. The van der Waals surface area contributed by atoms with E-state index in [2.05, 4.69) is 10.6 Å². The van der Waals surface area contributed by atoms with Gasteiger partial charge in [-0.2, -0.15) is 0 Å². The van der Waals surface area contributed by atoms with Crippen molar-refractivity contribution in [3.05, 3.63) is 77.4 Å². The molecule has 4 rings (SSSR count). The van der Waals surface area contributed by atoms with Crippen LogP contribution in [0.4, 0.5) is 17.1 Å². The van der Waals surface area contributed by atoms with Crippen LogP contribution in [0.3, 0.4) is 0 Å². The van der Waals surface area contributed by atoms with Crippen LogP contribution < -0.4 is 25.8 Å². The number of amides is 1. The third-order valence-electron chi connectivity index (χ3n) is 4.80. The van der Waals surface area contributed by atoms with E-state index < -0.39 is 0 Å². The van der Waals surface area contributed by atoms with Gasteiger partial charge in [0, 0.05) is 29.4 Å². The van der Waals surface area contributed by atoms with Crippen LogP contribution in [0.15, 0.2) is 60.7 Å². The molecule has 0 spiro atoms. The van der Waals surface area contributed by atoms with E-state index in [1.807, 2.05) is 24.3 Å². The molecule has 0 aliphatic carbocycles.